The summed E-state index contributed by atoms with van der Waals surface area (Å²) in [5, 5.41) is 3.13. The highest BCUT2D eigenvalue weighted by atomic mass is 32.2. The number of rotatable bonds is 7. The smallest absolute Gasteiger partial charge is 0.352 e. The van der Waals surface area contributed by atoms with Crippen molar-refractivity contribution in [2.24, 2.45) is 5.73 Å². The van der Waals surface area contributed by atoms with Crippen LogP contribution in [0.2, 0.25) is 0 Å². The molecule has 0 bridgehead atoms. The summed E-state index contributed by atoms with van der Waals surface area (Å²) >= 11 is 1.38. The lowest BCUT2D eigenvalue weighted by molar-refractivity contribution is -0.0437. The SMILES string of the molecule is COC[C@H]1O[C@@H](n2cc3c(nc2=O)Nc2c(OCCN)cccc2S3)C(F)=C1OC. The molecule has 4 rings (SSSR count). The fourth-order valence-corrected chi connectivity index (χ4v) is 4.26. The Hall–Kier alpha value is -2.60. The first kappa shape index (κ1) is 20.7. The number of anilines is 2. The van der Waals surface area contributed by atoms with Crippen molar-refractivity contribution < 1.29 is 23.3 Å². The van der Waals surface area contributed by atoms with E-state index >= 15 is 0 Å². The summed E-state index contributed by atoms with van der Waals surface area (Å²) in [5.41, 5.74) is 5.55. The Morgan fingerprint density at radius 2 is 2.20 bits per heavy atom. The summed E-state index contributed by atoms with van der Waals surface area (Å²) < 4.78 is 37.5. The topological polar surface area (TPSA) is 110 Å². The van der Waals surface area contributed by atoms with E-state index in [4.69, 9.17) is 24.7 Å². The third-order valence-corrected chi connectivity index (χ3v) is 5.65. The minimum absolute atomic E-state index is 0.00397. The molecule has 2 aliphatic heterocycles. The van der Waals surface area contributed by atoms with Crippen LogP contribution in [0.3, 0.4) is 0 Å². The lowest BCUT2D eigenvalue weighted by Crippen LogP contribution is -2.30. The molecule has 2 aliphatic rings. The van der Waals surface area contributed by atoms with E-state index in [1.54, 1.807) is 0 Å². The van der Waals surface area contributed by atoms with Gasteiger partial charge < -0.3 is 30.0 Å². The van der Waals surface area contributed by atoms with E-state index in [1.165, 1.54) is 32.2 Å². The number of methoxy groups -OCH3 is 2. The molecule has 11 heteroatoms. The third-order valence-electron chi connectivity index (χ3n) is 4.57. The number of nitrogens with zero attached hydrogens (tertiary/aromatic N) is 2. The lowest BCUT2D eigenvalue weighted by atomic mass is 10.2. The molecule has 1 aromatic carbocycles. The van der Waals surface area contributed by atoms with Gasteiger partial charge in [-0.3, -0.25) is 4.57 Å². The van der Waals surface area contributed by atoms with Crippen molar-refractivity contribution in [3.8, 4) is 5.75 Å². The van der Waals surface area contributed by atoms with Crippen LogP contribution < -0.4 is 21.5 Å². The predicted octanol–water partition coefficient (Wildman–Crippen LogP) is 2.16. The number of hydrogen-bond donors (Lipinski definition) is 2. The van der Waals surface area contributed by atoms with E-state index in [1.807, 2.05) is 18.2 Å². The fourth-order valence-electron chi connectivity index (χ4n) is 3.26. The van der Waals surface area contributed by atoms with Crippen LogP contribution in [0.5, 0.6) is 5.75 Å². The third kappa shape index (κ3) is 3.65. The molecule has 0 unspecified atom stereocenters. The quantitative estimate of drug-likeness (QED) is 0.576. The van der Waals surface area contributed by atoms with Gasteiger partial charge in [-0.2, -0.15) is 4.98 Å². The van der Waals surface area contributed by atoms with Crippen molar-refractivity contribution in [1.82, 2.24) is 9.55 Å². The molecule has 0 saturated heterocycles. The Morgan fingerprint density at radius 3 is 2.93 bits per heavy atom. The number of halogens is 1. The highest BCUT2D eigenvalue weighted by Gasteiger charge is 2.39. The number of ether oxygens (including phenoxy) is 4. The minimum atomic E-state index is -1.27. The Morgan fingerprint density at radius 1 is 1.37 bits per heavy atom. The standard InChI is InChI=1S/C19H21FN4O5S/c1-26-9-11-16(27-2)14(20)18(29-11)24-8-13-17(23-19(24)25)22-15-10(28-7-6-21)4-3-5-12(15)30-13/h3-5,8,11,18H,6-7,9,21H2,1-2H3,(H,22,23,25)/t11-,18-/m1/s1. The Kier molecular flexibility index (Phi) is 5.95. The lowest BCUT2D eigenvalue weighted by Gasteiger charge is -2.23. The van der Waals surface area contributed by atoms with Gasteiger partial charge >= 0.3 is 5.69 Å². The zero-order valence-corrected chi connectivity index (χ0v) is 17.2. The summed E-state index contributed by atoms with van der Waals surface area (Å²) in [7, 11) is 2.82. The van der Waals surface area contributed by atoms with Crippen LogP contribution >= 0.6 is 11.8 Å². The van der Waals surface area contributed by atoms with Gasteiger partial charge in [-0.05, 0) is 12.1 Å². The molecule has 2 atom stereocenters. The summed E-state index contributed by atoms with van der Waals surface area (Å²) in [5.74, 6) is 0.294. The molecule has 0 saturated carbocycles. The summed E-state index contributed by atoms with van der Waals surface area (Å²) in [6.07, 6.45) is -0.501. The molecule has 0 amide bonds. The average molecular weight is 436 g/mol. The van der Waals surface area contributed by atoms with E-state index in [-0.39, 0.29) is 12.4 Å². The maximum Gasteiger partial charge on any atom is 0.352 e. The summed E-state index contributed by atoms with van der Waals surface area (Å²) in [6.45, 7) is 0.833. The van der Waals surface area contributed by atoms with Crippen LogP contribution in [0.25, 0.3) is 0 Å². The van der Waals surface area contributed by atoms with Gasteiger partial charge in [0.05, 0.1) is 24.3 Å². The molecule has 3 N–H and O–H groups in total. The van der Waals surface area contributed by atoms with Crippen molar-refractivity contribution in [2.75, 3.05) is 39.3 Å². The minimum Gasteiger partial charge on any atom is -0.495 e. The molecular weight excluding hydrogens is 415 g/mol. The van der Waals surface area contributed by atoms with Crippen LogP contribution in [-0.2, 0) is 14.2 Å². The monoisotopic (exact) mass is 436 g/mol. The second-order valence-corrected chi connectivity index (χ2v) is 7.57. The van der Waals surface area contributed by atoms with Gasteiger partial charge in [0.1, 0.15) is 18.5 Å². The molecule has 0 spiro atoms. The molecule has 30 heavy (non-hydrogen) atoms. The number of hydrogen-bond acceptors (Lipinski definition) is 9. The number of aromatic nitrogens is 2. The van der Waals surface area contributed by atoms with Crippen LogP contribution in [0, 0.1) is 0 Å². The van der Waals surface area contributed by atoms with Gasteiger partial charge in [0.2, 0.25) is 0 Å². The second kappa shape index (κ2) is 8.64. The average Bonchev–Trinajstić information content (AvgIpc) is 3.05. The molecule has 160 valence electrons. The fraction of sp³-hybridized carbons (Fsp3) is 0.368. The molecule has 0 fully saturated rings. The number of fused-ring (bicyclic) bond motifs is 2. The van der Waals surface area contributed by atoms with Gasteiger partial charge in [-0.1, -0.05) is 17.8 Å². The summed E-state index contributed by atoms with van der Waals surface area (Å²) in [4.78, 5) is 18.3. The first-order valence-electron chi connectivity index (χ1n) is 9.19. The molecule has 0 radical (unpaired) electrons. The van der Waals surface area contributed by atoms with Crippen molar-refractivity contribution in [1.29, 1.82) is 0 Å². The van der Waals surface area contributed by atoms with E-state index in [9.17, 15) is 9.18 Å². The highest BCUT2D eigenvalue weighted by molar-refractivity contribution is 7.99. The largest absolute Gasteiger partial charge is 0.495 e. The van der Waals surface area contributed by atoms with Crippen molar-refractivity contribution in [2.45, 2.75) is 22.1 Å². The van der Waals surface area contributed by atoms with Crippen molar-refractivity contribution in [3.05, 3.63) is 46.5 Å². The Labute approximate surface area is 176 Å². The number of para-hydroxylation sites is 1. The Bertz CT molecular complexity index is 1040. The van der Waals surface area contributed by atoms with E-state index < -0.39 is 23.8 Å². The number of nitrogens with one attached hydrogen (secondary N) is 1. The van der Waals surface area contributed by atoms with E-state index in [0.717, 1.165) is 9.46 Å². The van der Waals surface area contributed by atoms with Crippen LogP contribution in [0.4, 0.5) is 15.9 Å². The maximum atomic E-state index is 14.9. The van der Waals surface area contributed by atoms with Crippen molar-refractivity contribution in [3.63, 3.8) is 0 Å². The van der Waals surface area contributed by atoms with Crippen LogP contribution in [-0.4, -0.2) is 49.6 Å². The normalized spacial score (nSPS) is 19.9. The predicted molar refractivity (Wildman–Crippen MR) is 108 cm³/mol. The Balaban J connectivity index is 1.67. The van der Waals surface area contributed by atoms with Gasteiger partial charge in [-0.15, -0.1) is 0 Å². The maximum absolute atomic E-state index is 14.9. The molecule has 2 aromatic rings. The molecule has 1 aromatic heterocycles. The summed E-state index contributed by atoms with van der Waals surface area (Å²) in [6, 6.07) is 5.57. The second-order valence-electron chi connectivity index (χ2n) is 6.49. The molecule has 0 aliphatic carbocycles. The first-order valence-corrected chi connectivity index (χ1v) is 10.0. The van der Waals surface area contributed by atoms with Gasteiger partial charge in [-0.25, -0.2) is 9.18 Å². The van der Waals surface area contributed by atoms with Gasteiger partial charge in [0.25, 0.3) is 0 Å². The van der Waals surface area contributed by atoms with Gasteiger partial charge in [0.15, 0.2) is 23.6 Å². The van der Waals surface area contributed by atoms with Crippen LogP contribution in [0.1, 0.15) is 6.23 Å². The van der Waals surface area contributed by atoms with E-state index in [0.29, 0.717) is 35.3 Å². The molecular formula is C19H21FN4O5S. The van der Waals surface area contributed by atoms with Gasteiger partial charge in [0, 0.05) is 24.7 Å². The van der Waals surface area contributed by atoms with Crippen molar-refractivity contribution >= 4 is 23.3 Å². The first-order chi connectivity index (χ1) is 14.6. The van der Waals surface area contributed by atoms with Crippen LogP contribution in [0.15, 0.2) is 50.6 Å². The number of nitrogens with two attached hydrogens (primary N) is 1. The molecule has 9 nitrogen and oxygen atoms in total. The zero-order chi connectivity index (χ0) is 21.3. The highest BCUT2D eigenvalue weighted by Crippen LogP contribution is 2.47. The molecule has 3 heterocycles. The van der Waals surface area contributed by atoms with E-state index in [2.05, 4.69) is 10.3 Å². The number of benzene rings is 1. The zero-order valence-electron chi connectivity index (χ0n) is 16.4.